The third kappa shape index (κ3) is 2.03. The first-order chi connectivity index (χ1) is 6.61. The highest BCUT2D eigenvalue weighted by atomic mass is 127. The van der Waals surface area contributed by atoms with Gasteiger partial charge in [-0.25, -0.2) is 4.98 Å². The molecule has 0 amide bonds. The Morgan fingerprint density at radius 3 is 2.50 bits per heavy atom. The van der Waals surface area contributed by atoms with Crippen LogP contribution in [0.1, 0.15) is 22.4 Å². The van der Waals surface area contributed by atoms with Gasteiger partial charge in [0.15, 0.2) is 0 Å². The zero-order chi connectivity index (χ0) is 10.7. The molecule has 0 aliphatic heterocycles. The number of aliphatic imine (C=N–C) groups is 1. The van der Waals surface area contributed by atoms with E-state index in [0.717, 1.165) is 15.0 Å². The first kappa shape index (κ1) is 11.4. The largest absolute Gasteiger partial charge is 0.296 e. The summed E-state index contributed by atoms with van der Waals surface area (Å²) >= 11 is 2.24. The molecule has 0 saturated carbocycles. The average Bonchev–Trinajstić information content (AvgIpc) is 2.19. The summed E-state index contributed by atoms with van der Waals surface area (Å²) in [5, 5.41) is 0. The van der Waals surface area contributed by atoms with Gasteiger partial charge in [-0.15, -0.1) is 0 Å². The molecule has 1 heterocycles. The molecule has 0 spiro atoms. The van der Waals surface area contributed by atoms with Crippen molar-refractivity contribution in [1.82, 2.24) is 4.98 Å². The van der Waals surface area contributed by atoms with Crippen molar-refractivity contribution in [2.45, 2.75) is 13.8 Å². The van der Waals surface area contributed by atoms with Crippen LogP contribution in [-0.4, -0.2) is 18.2 Å². The van der Waals surface area contributed by atoms with Crippen LogP contribution in [-0.2, 0) is 0 Å². The Labute approximate surface area is 98.3 Å². The fraction of sp³-hybridized carbons (Fsp3) is 0.273. The fourth-order valence-corrected chi connectivity index (χ4v) is 1.91. The average molecular weight is 300 g/mol. The SMILES string of the molecule is C=Cc1nc(I)c(C)c(C)c1/C=N\C. The van der Waals surface area contributed by atoms with Crippen LogP contribution in [0.3, 0.4) is 0 Å². The lowest BCUT2D eigenvalue weighted by Crippen LogP contribution is -2.01. The van der Waals surface area contributed by atoms with E-state index in [0.29, 0.717) is 0 Å². The molecule has 14 heavy (non-hydrogen) atoms. The summed E-state index contributed by atoms with van der Waals surface area (Å²) < 4.78 is 1.03. The van der Waals surface area contributed by atoms with Crippen LogP contribution in [0.15, 0.2) is 11.6 Å². The van der Waals surface area contributed by atoms with Crippen LogP contribution in [0.25, 0.3) is 6.08 Å². The molecule has 0 bridgehead atoms. The van der Waals surface area contributed by atoms with Gasteiger partial charge in [0, 0.05) is 18.8 Å². The Morgan fingerprint density at radius 2 is 2.00 bits per heavy atom. The highest BCUT2D eigenvalue weighted by Crippen LogP contribution is 2.20. The van der Waals surface area contributed by atoms with Crippen LogP contribution in [0.5, 0.6) is 0 Å². The minimum atomic E-state index is 0.906. The molecule has 0 radical (unpaired) electrons. The van der Waals surface area contributed by atoms with Crippen LogP contribution in [0, 0.1) is 17.5 Å². The van der Waals surface area contributed by atoms with Crippen molar-refractivity contribution in [3.8, 4) is 0 Å². The Balaban J connectivity index is 3.52. The Morgan fingerprint density at radius 1 is 1.36 bits per heavy atom. The second kappa shape index (κ2) is 4.68. The lowest BCUT2D eigenvalue weighted by Gasteiger charge is -2.09. The zero-order valence-corrected chi connectivity index (χ0v) is 10.8. The van der Waals surface area contributed by atoms with Crippen molar-refractivity contribution in [2.75, 3.05) is 7.05 Å². The minimum absolute atomic E-state index is 0.906. The van der Waals surface area contributed by atoms with Crippen LogP contribution >= 0.6 is 22.6 Å². The lowest BCUT2D eigenvalue weighted by atomic mass is 10.0. The summed E-state index contributed by atoms with van der Waals surface area (Å²) in [4.78, 5) is 8.48. The second-order valence-corrected chi connectivity index (χ2v) is 4.06. The Hall–Kier alpha value is -0.710. The van der Waals surface area contributed by atoms with Crippen molar-refractivity contribution in [3.05, 3.63) is 32.7 Å². The van der Waals surface area contributed by atoms with Gasteiger partial charge in [0.25, 0.3) is 0 Å². The highest BCUT2D eigenvalue weighted by molar-refractivity contribution is 14.1. The summed E-state index contributed by atoms with van der Waals surface area (Å²) in [7, 11) is 1.76. The van der Waals surface area contributed by atoms with Crippen molar-refractivity contribution in [1.29, 1.82) is 0 Å². The van der Waals surface area contributed by atoms with E-state index in [1.54, 1.807) is 13.1 Å². The third-order valence-electron chi connectivity index (χ3n) is 2.22. The van der Waals surface area contributed by atoms with E-state index >= 15 is 0 Å². The van der Waals surface area contributed by atoms with Gasteiger partial charge >= 0.3 is 0 Å². The van der Waals surface area contributed by atoms with Crippen molar-refractivity contribution in [2.24, 2.45) is 4.99 Å². The summed E-state index contributed by atoms with van der Waals surface area (Å²) in [5.74, 6) is 0. The number of rotatable bonds is 2. The van der Waals surface area contributed by atoms with E-state index in [4.69, 9.17) is 0 Å². The molecule has 0 fully saturated rings. The van der Waals surface area contributed by atoms with Gasteiger partial charge in [-0.1, -0.05) is 6.58 Å². The molecule has 0 saturated heterocycles. The van der Waals surface area contributed by atoms with Gasteiger partial charge in [0.1, 0.15) is 3.70 Å². The molecule has 1 aromatic heterocycles. The number of pyridine rings is 1. The Kier molecular flexibility index (Phi) is 3.80. The second-order valence-electron chi connectivity index (χ2n) is 3.04. The maximum Gasteiger partial charge on any atom is 0.105 e. The predicted octanol–water partition coefficient (Wildman–Crippen LogP) is 2.99. The maximum absolute atomic E-state index is 4.45. The summed E-state index contributed by atoms with van der Waals surface area (Å²) in [5.41, 5.74) is 4.42. The van der Waals surface area contributed by atoms with E-state index in [2.05, 4.69) is 53.0 Å². The predicted molar refractivity (Wildman–Crippen MR) is 70.0 cm³/mol. The number of aromatic nitrogens is 1. The van der Waals surface area contributed by atoms with E-state index in [9.17, 15) is 0 Å². The first-order valence-corrected chi connectivity index (χ1v) is 5.41. The molecule has 0 aromatic carbocycles. The molecular formula is C11H13IN2. The first-order valence-electron chi connectivity index (χ1n) is 4.33. The number of nitrogens with zero attached hydrogens (tertiary/aromatic N) is 2. The molecule has 1 aromatic rings. The summed E-state index contributed by atoms with van der Waals surface area (Å²) in [6, 6.07) is 0. The fourth-order valence-electron chi connectivity index (χ4n) is 1.25. The summed E-state index contributed by atoms with van der Waals surface area (Å²) in [6.07, 6.45) is 3.61. The number of halogens is 1. The van der Waals surface area contributed by atoms with E-state index in [-0.39, 0.29) is 0 Å². The van der Waals surface area contributed by atoms with Gasteiger partial charge in [-0.3, -0.25) is 4.99 Å². The van der Waals surface area contributed by atoms with Crippen LogP contribution in [0.4, 0.5) is 0 Å². The number of hydrogen-bond donors (Lipinski definition) is 0. The maximum atomic E-state index is 4.45. The van der Waals surface area contributed by atoms with Gasteiger partial charge < -0.3 is 0 Å². The molecule has 0 atom stereocenters. The summed E-state index contributed by atoms with van der Waals surface area (Å²) in [6.45, 7) is 7.92. The van der Waals surface area contributed by atoms with Crippen molar-refractivity contribution >= 4 is 34.9 Å². The molecule has 2 nitrogen and oxygen atoms in total. The van der Waals surface area contributed by atoms with Crippen molar-refractivity contribution < 1.29 is 0 Å². The monoisotopic (exact) mass is 300 g/mol. The molecule has 74 valence electrons. The van der Waals surface area contributed by atoms with E-state index in [1.807, 2.05) is 6.21 Å². The normalized spacial score (nSPS) is 10.9. The molecule has 0 N–H and O–H groups in total. The minimum Gasteiger partial charge on any atom is -0.296 e. The highest BCUT2D eigenvalue weighted by Gasteiger charge is 2.08. The molecular weight excluding hydrogens is 287 g/mol. The molecule has 0 aliphatic rings. The van der Waals surface area contributed by atoms with Gasteiger partial charge in [0.2, 0.25) is 0 Å². The third-order valence-corrected chi connectivity index (χ3v) is 3.27. The number of hydrogen-bond acceptors (Lipinski definition) is 2. The quantitative estimate of drug-likeness (QED) is 0.468. The van der Waals surface area contributed by atoms with Crippen LogP contribution < -0.4 is 0 Å². The van der Waals surface area contributed by atoms with Crippen LogP contribution in [0.2, 0.25) is 0 Å². The van der Waals surface area contributed by atoms with E-state index in [1.165, 1.54) is 11.1 Å². The van der Waals surface area contributed by atoms with Gasteiger partial charge in [-0.05, 0) is 53.6 Å². The molecule has 1 rings (SSSR count). The van der Waals surface area contributed by atoms with Gasteiger partial charge in [0.05, 0.1) is 5.69 Å². The molecule has 0 aliphatic carbocycles. The standard InChI is InChI=1S/C11H13IN2/c1-5-10-9(6-13-4)7(2)8(3)11(12)14-10/h5-6H,1H2,2-4H3/b13-6-. The van der Waals surface area contributed by atoms with Gasteiger partial charge in [-0.2, -0.15) is 0 Å². The topological polar surface area (TPSA) is 25.2 Å². The Bertz CT molecular complexity index is 395. The molecule has 0 unspecified atom stereocenters. The molecule has 3 heteroatoms. The zero-order valence-electron chi connectivity index (χ0n) is 8.63. The van der Waals surface area contributed by atoms with E-state index < -0.39 is 0 Å². The lowest BCUT2D eigenvalue weighted by molar-refractivity contribution is 1.14. The smallest absolute Gasteiger partial charge is 0.105 e. The van der Waals surface area contributed by atoms with Crippen molar-refractivity contribution in [3.63, 3.8) is 0 Å².